The summed E-state index contributed by atoms with van der Waals surface area (Å²) in [5, 5.41) is 6.88. The molecule has 214 valence electrons. The molecule has 2 bridgehead atoms. The predicted octanol–water partition coefficient (Wildman–Crippen LogP) is 2.63. The van der Waals surface area contributed by atoms with E-state index < -0.39 is 69.1 Å². The number of hydrogen-bond donors (Lipinski definition) is 3. The fourth-order valence-corrected chi connectivity index (χ4v) is 6.23. The van der Waals surface area contributed by atoms with Crippen LogP contribution >= 0.6 is 11.6 Å². The van der Waals surface area contributed by atoms with Crippen LogP contribution in [0.5, 0.6) is 0 Å². The molecule has 1 aromatic rings. The van der Waals surface area contributed by atoms with Crippen molar-refractivity contribution in [2.24, 2.45) is 11.8 Å². The summed E-state index contributed by atoms with van der Waals surface area (Å²) < 4.78 is 67.7. The van der Waals surface area contributed by atoms with E-state index in [0.717, 1.165) is 4.90 Å². The van der Waals surface area contributed by atoms with Crippen molar-refractivity contribution >= 4 is 44.8 Å². The van der Waals surface area contributed by atoms with Crippen molar-refractivity contribution in [2.45, 2.75) is 56.2 Å². The fraction of sp³-hybridized carbons (Fsp3) is 0.560. The first-order valence-corrected chi connectivity index (χ1v) is 14.9. The molecule has 1 saturated carbocycles. The van der Waals surface area contributed by atoms with Crippen LogP contribution in [0, 0.1) is 11.8 Å². The maximum Gasteiger partial charge on any atom is 0.255 e. The third kappa shape index (κ3) is 6.68. The van der Waals surface area contributed by atoms with Crippen molar-refractivity contribution in [1.29, 1.82) is 0 Å². The zero-order chi connectivity index (χ0) is 28.5. The van der Waals surface area contributed by atoms with Gasteiger partial charge in [0.2, 0.25) is 32.7 Å². The SMILES string of the molecule is CS(=O)(=O)/C(F)=C\[C@@H](C[C@H]1CCNC1=O)NC(=O)[C@H]1[C@@H]2CC[C@@H](CC2(F)F)N1C(=O)CNc1cccc(Cl)c1. The Morgan fingerprint density at radius 1 is 1.28 bits per heavy atom. The van der Waals surface area contributed by atoms with E-state index in [0.29, 0.717) is 42.4 Å². The number of nitrogens with zero attached hydrogens (tertiary/aromatic N) is 1. The molecule has 1 aliphatic carbocycles. The highest BCUT2D eigenvalue weighted by atomic mass is 35.5. The van der Waals surface area contributed by atoms with Crippen molar-refractivity contribution < 1.29 is 36.0 Å². The summed E-state index contributed by atoms with van der Waals surface area (Å²) in [6.45, 7) is 0.0795. The number of hydrogen-bond acceptors (Lipinski definition) is 6. The van der Waals surface area contributed by atoms with Crippen molar-refractivity contribution in [3.63, 3.8) is 0 Å². The summed E-state index contributed by atoms with van der Waals surface area (Å²) in [6.07, 6.45) is 1.27. The average Bonchev–Trinajstić information content (AvgIpc) is 3.25. The lowest BCUT2D eigenvalue weighted by Gasteiger charge is -2.53. The Balaban J connectivity index is 1.58. The van der Waals surface area contributed by atoms with Gasteiger partial charge in [-0.2, -0.15) is 4.39 Å². The predicted molar refractivity (Wildman–Crippen MR) is 138 cm³/mol. The lowest BCUT2D eigenvalue weighted by Crippen LogP contribution is -2.69. The van der Waals surface area contributed by atoms with E-state index in [1.807, 2.05) is 0 Å². The van der Waals surface area contributed by atoms with Crippen LogP contribution in [0.4, 0.5) is 18.9 Å². The lowest BCUT2D eigenvalue weighted by atomic mass is 9.71. The van der Waals surface area contributed by atoms with Crippen molar-refractivity contribution in [2.75, 3.05) is 24.7 Å². The van der Waals surface area contributed by atoms with Crippen LogP contribution < -0.4 is 16.0 Å². The number of anilines is 1. The third-order valence-electron chi connectivity index (χ3n) is 7.48. The molecule has 3 saturated heterocycles. The molecule has 5 rings (SSSR count). The van der Waals surface area contributed by atoms with Gasteiger partial charge in [-0.1, -0.05) is 17.7 Å². The van der Waals surface area contributed by atoms with Crippen molar-refractivity contribution in [3.8, 4) is 0 Å². The molecule has 39 heavy (non-hydrogen) atoms. The zero-order valence-electron chi connectivity index (χ0n) is 21.1. The van der Waals surface area contributed by atoms with Gasteiger partial charge in [0, 0.05) is 41.9 Å². The first-order chi connectivity index (χ1) is 18.3. The number of carbonyl (C=O) groups excluding carboxylic acids is 3. The number of sulfone groups is 1. The van der Waals surface area contributed by atoms with Crippen LogP contribution in [0.25, 0.3) is 0 Å². The molecule has 4 aliphatic rings. The van der Waals surface area contributed by atoms with E-state index in [9.17, 15) is 36.0 Å². The number of rotatable bonds is 9. The summed E-state index contributed by atoms with van der Waals surface area (Å²) in [7, 11) is -4.25. The van der Waals surface area contributed by atoms with Crippen LogP contribution in [-0.4, -0.2) is 74.4 Å². The molecule has 0 aromatic heterocycles. The standard InChI is InChI=1S/C25H30ClF3N4O5S/c1-39(37,38)20(27)11-17(9-14-7-8-30-23(14)35)32-24(36)22-19-6-5-18(12-25(19,28)29)33(22)21(34)13-31-16-4-2-3-15(26)10-16/h2-4,10-11,14,17-19,22,31H,5-9,12-13H2,1H3,(H,30,35)(H,32,36)/b20-11-/t14-,17-,18+,19+,22-/m1/s1. The van der Waals surface area contributed by atoms with Crippen LogP contribution in [0.1, 0.15) is 32.1 Å². The molecule has 4 fully saturated rings. The Morgan fingerprint density at radius 2 is 2.03 bits per heavy atom. The minimum absolute atomic E-state index is 0.00446. The Bertz CT molecular complexity index is 1280. The Morgan fingerprint density at radius 3 is 2.64 bits per heavy atom. The van der Waals surface area contributed by atoms with Gasteiger partial charge < -0.3 is 20.9 Å². The molecule has 0 radical (unpaired) electrons. The van der Waals surface area contributed by atoms with E-state index in [1.165, 1.54) is 0 Å². The molecule has 0 spiro atoms. The Kier molecular flexibility index (Phi) is 8.50. The van der Waals surface area contributed by atoms with E-state index in [-0.39, 0.29) is 25.3 Å². The van der Waals surface area contributed by atoms with Crippen molar-refractivity contribution in [3.05, 3.63) is 40.5 Å². The second-order valence-electron chi connectivity index (χ2n) is 10.3. The van der Waals surface area contributed by atoms with Gasteiger partial charge in [0.25, 0.3) is 5.92 Å². The lowest BCUT2D eigenvalue weighted by molar-refractivity contribution is -0.193. The minimum atomic E-state index is -4.25. The molecule has 3 N–H and O–H groups in total. The van der Waals surface area contributed by atoms with E-state index in [2.05, 4.69) is 16.0 Å². The maximum absolute atomic E-state index is 15.0. The van der Waals surface area contributed by atoms with Gasteiger partial charge in [-0.15, -0.1) is 0 Å². The van der Waals surface area contributed by atoms with Crippen LogP contribution in [0.3, 0.4) is 0 Å². The molecule has 3 heterocycles. The Labute approximate surface area is 229 Å². The molecule has 3 aliphatic heterocycles. The first-order valence-electron chi connectivity index (χ1n) is 12.6. The fourth-order valence-electron chi connectivity index (χ4n) is 5.63. The summed E-state index contributed by atoms with van der Waals surface area (Å²) in [5.74, 6) is -7.20. The molecule has 9 nitrogen and oxygen atoms in total. The topological polar surface area (TPSA) is 125 Å². The van der Waals surface area contributed by atoms with Crippen LogP contribution in [0.2, 0.25) is 5.02 Å². The molecule has 14 heteroatoms. The number of halogens is 4. The molecule has 3 amide bonds. The van der Waals surface area contributed by atoms with E-state index in [4.69, 9.17) is 11.6 Å². The molecule has 1 aromatic carbocycles. The van der Waals surface area contributed by atoms with E-state index in [1.54, 1.807) is 24.3 Å². The number of benzene rings is 1. The zero-order valence-corrected chi connectivity index (χ0v) is 22.7. The largest absolute Gasteiger partial charge is 0.376 e. The molecular weight excluding hydrogens is 561 g/mol. The smallest absolute Gasteiger partial charge is 0.255 e. The van der Waals surface area contributed by atoms with Gasteiger partial charge in [0.15, 0.2) is 0 Å². The monoisotopic (exact) mass is 590 g/mol. The quantitative estimate of drug-likeness (QED) is 0.406. The number of carbonyl (C=O) groups is 3. The Hall–Kier alpha value is -2.80. The molecule has 0 unspecified atom stereocenters. The number of fused-ring (bicyclic) bond motifs is 3. The van der Waals surface area contributed by atoms with Gasteiger partial charge >= 0.3 is 0 Å². The number of amides is 3. The van der Waals surface area contributed by atoms with Gasteiger partial charge in [-0.3, -0.25) is 14.4 Å². The van der Waals surface area contributed by atoms with Gasteiger partial charge in [0.1, 0.15) is 6.04 Å². The van der Waals surface area contributed by atoms with E-state index >= 15 is 0 Å². The van der Waals surface area contributed by atoms with Crippen molar-refractivity contribution in [1.82, 2.24) is 15.5 Å². The summed E-state index contributed by atoms with van der Waals surface area (Å²) in [5.41, 5.74) is 0.528. The number of nitrogens with one attached hydrogen (secondary N) is 3. The summed E-state index contributed by atoms with van der Waals surface area (Å²) >= 11 is 5.97. The second kappa shape index (κ2) is 11.4. The maximum atomic E-state index is 15.0. The number of piperidine rings is 2. The number of alkyl halides is 2. The highest BCUT2D eigenvalue weighted by Crippen LogP contribution is 2.49. The third-order valence-corrected chi connectivity index (χ3v) is 8.56. The van der Waals surface area contributed by atoms with Crippen LogP contribution in [-0.2, 0) is 24.2 Å². The van der Waals surface area contributed by atoms with Gasteiger partial charge in [0.05, 0.1) is 18.5 Å². The van der Waals surface area contributed by atoms with Gasteiger partial charge in [-0.25, -0.2) is 17.2 Å². The molecular formula is C25H30ClF3N4O5S. The average molecular weight is 591 g/mol. The summed E-state index contributed by atoms with van der Waals surface area (Å²) in [6, 6.07) is 2.84. The highest BCUT2D eigenvalue weighted by Gasteiger charge is 2.60. The van der Waals surface area contributed by atoms with Crippen LogP contribution in [0.15, 0.2) is 35.5 Å². The first kappa shape index (κ1) is 29.2. The second-order valence-corrected chi connectivity index (χ2v) is 12.7. The summed E-state index contributed by atoms with van der Waals surface area (Å²) in [4.78, 5) is 40.1. The molecule has 5 atom stereocenters. The highest BCUT2D eigenvalue weighted by molar-refractivity contribution is 7.94. The normalized spacial score (nSPS) is 27.2. The van der Waals surface area contributed by atoms with Gasteiger partial charge in [-0.05, 0) is 50.0 Å². The minimum Gasteiger partial charge on any atom is -0.376 e.